The van der Waals surface area contributed by atoms with Crippen LogP contribution in [0.2, 0.25) is 0 Å². The molecule has 0 fully saturated rings. The molecule has 0 unspecified atom stereocenters. The minimum Gasteiger partial charge on any atom is -0.490 e. The first kappa shape index (κ1) is 24.4. The van der Waals surface area contributed by atoms with E-state index in [2.05, 4.69) is 26.5 Å². The molecule has 1 heterocycles. The molecule has 33 heavy (non-hydrogen) atoms. The van der Waals surface area contributed by atoms with Gasteiger partial charge in [-0.2, -0.15) is 5.26 Å². The van der Waals surface area contributed by atoms with Crippen LogP contribution in [-0.2, 0) is 9.53 Å². The fraction of sp³-hybridized carbons (Fsp3) is 0.462. The van der Waals surface area contributed by atoms with E-state index < -0.39 is 5.92 Å². The predicted octanol–water partition coefficient (Wildman–Crippen LogP) is 4.03. The topological polar surface area (TPSA) is 97.8 Å². The largest absolute Gasteiger partial charge is 0.490 e. The lowest BCUT2D eigenvalue weighted by molar-refractivity contribution is -0.118. The summed E-state index contributed by atoms with van der Waals surface area (Å²) in [4.78, 5) is 15.4. The number of rotatable bonds is 9. The molecule has 3 rings (SSSR count). The number of carbonyl (C=O) groups excluding carboxylic acids is 1. The van der Waals surface area contributed by atoms with Crippen LogP contribution in [0.4, 0.5) is 0 Å². The van der Waals surface area contributed by atoms with E-state index in [1.807, 2.05) is 30.0 Å². The third kappa shape index (κ3) is 4.91. The van der Waals surface area contributed by atoms with Gasteiger partial charge in [-0.25, -0.2) is 0 Å². The molecule has 1 aliphatic heterocycles. The van der Waals surface area contributed by atoms with Crippen LogP contribution < -0.4 is 15.2 Å². The summed E-state index contributed by atoms with van der Waals surface area (Å²) in [5, 5.41) is 10.1. The highest BCUT2D eigenvalue weighted by atomic mass is 16.5. The Balaban J connectivity index is 2.19. The van der Waals surface area contributed by atoms with Gasteiger partial charge >= 0.3 is 0 Å². The standard InChI is InChI=1S/C26H33N3O4/c1-6-11-33-21-9-8-17(13-22(21)32-7-2)23-18(16-27)25(28)29(10-12-31-5)19-14-26(3,4)15-20(30)24(19)23/h6,8-9,13,23H,1,7,10-12,14-15,28H2,2-5H3/t23-/m1/s1. The maximum absolute atomic E-state index is 13.5. The lowest BCUT2D eigenvalue weighted by atomic mass is 9.68. The molecule has 176 valence electrons. The first-order valence-electron chi connectivity index (χ1n) is 11.2. The maximum Gasteiger partial charge on any atom is 0.162 e. The predicted molar refractivity (Wildman–Crippen MR) is 127 cm³/mol. The van der Waals surface area contributed by atoms with Gasteiger partial charge in [0.1, 0.15) is 12.4 Å². The highest BCUT2D eigenvalue weighted by molar-refractivity contribution is 6.00. The number of nitrogens with two attached hydrogens (primary N) is 1. The summed E-state index contributed by atoms with van der Waals surface area (Å²) >= 11 is 0. The van der Waals surface area contributed by atoms with Gasteiger partial charge in [0.05, 0.1) is 30.8 Å². The fourth-order valence-corrected chi connectivity index (χ4v) is 4.59. The highest BCUT2D eigenvalue weighted by Gasteiger charge is 2.44. The molecular formula is C26H33N3O4. The van der Waals surface area contributed by atoms with Gasteiger partial charge in [0, 0.05) is 31.3 Å². The number of allylic oxidation sites excluding steroid dienone is 3. The van der Waals surface area contributed by atoms with E-state index in [9.17, 15) is 10.1 Å². The van der Waals surface area contributed by atoms with E-state index in [0.717, 1.165) is 11.3 Å². The molecule has 2 aliphatic rings. The van der Waals surface area contributed by atoms with Crippen molar-refractivity contribution in [2.24, 2.45) is 11.1 Å². The Hall–Kier alpha value is -3.24. The van der Waals surface area contributed by atoms with Crippen LogP contribution in [0.25, 0.3) is 0 Å². The summed E-state index contributed by atoms with van der Waals surface area (Å²) in [5.41, 5.74) is 9.00. The van der Waals surface area contributed by atoms with Crippen molar-refractivity contribution < 1.29 is 19.0 Å². The van der Waals surface area contributed by atoms with E-state index in [0.29, 0.717) is 67.7 Å². The minimum absolute atomic E-state index is 0.0406. The zero-order valence-corrected chi connectivity index (χ0v) is 19.9. The number of hydrogen-bond acceptors (Lipinski definition) is 7. The molecule has 1 aromatic carbocycles. The zero-order chi connectivity index (χ0) is 24.2. The van der Waals surface area contributed by atoms with Gasteiger partial charge in [0.2, 0.25) is 0 Å². The van der Waals surface area contributed by atoms with Crippen molar-refractivity contribution in [1.29, 1.82) is 5.26 Å². The van der Waals surface area contributed by atoms with Crippen LogP contribution in [0, 0.1) is 16.7 Å². The third-order valence-corrected chi connectivity index (χ3v) is 5.96. The van der Waals surface area contributed by atoms with Crippen LogP contribution in [0.5, 0.6) is 11.5 Å². The van der Waals surface area contributed by atoms with Gasteiger partial charge in [-0.1, -0.05) is 32.6 Å². The molecule has 0 aromatic heterocycles. The maximum atomic E-state index is 13.5. The van der Waals surface area contributed by atoms with E-state index in [4.69, 9.17) is 19.9 Å². The number of Topliss-reactive ketones (excluding diaryl/α,β-unsaturated/α-hetero) is 1. The first-order chi connectivity index (χ1) is 15.8. The van der Waals surface area contributed by atoms with Gasteiger partial charge in [-0.05, 0) is 36.5 Å². The number of carbonyl (C=O) groups is 1. The Bertz CT molecular complexity index is 1030. The summed E-state index contributed by atoms with van der Waals surface area (Å²) in [5.74, 6) is 0.992. The lowest BCUT2D eigenvalue weighted by Gasteiger charge is -2.43. The van der Waals surface area contributed by atoms with Crippen molar-refractivity contribution >= 4 is 5.78 Å². The van der Waals surface area contributed by atoms with Crippen molar-refractivity contribution in [3.05, 3.63) is 59.1 Å². The van der Waals surface area contributed by atoms with Gasteiger partial charge in [-0.15, -0.1) is 0 Å². The first-order valence-corrected chi connectivity index (χ1v) is 11.2. The molecule has 1 atom stereocenters. The number of hydrogen-bond donors (Lipinski definition) is 1. The molecule has 1 aliphatic carbocycles. The van der Waals surface area contributed by atoms with Crippen LogP contribution in [0.15, 0.2) is 53.5 Å². The summed E-state index contributed by atoms with van der Waals surface area (Å²) in [6.45, 7) is 11.4. The Morgan fingerprint density at radius 2 is 2.06 bits per heavy atom. The molecule has 1 aromatic rings. The van der Waals surface area contributed by atoms with Gasteiger partial charge in [0.15, 0.2) is 17.3 Å². The molecule has 2 N–H and O–H groups in total. The lowest BCUT2D eigenvalue weighted by Crippen LogP contribution is -2.43. The smallest absolute Gasteiger partial charge is 0.162 e. The number of ether oxygens (including phenoxy) is 3. The van der Waals surface area contributed by atoms with Crippen LogP contribution in [-0.4, -0.2) is 44.2 Å². The van der Waals surface area contributed by atoms with Crippen molar-refractivity contribution in [1.82, 2.24) is 4.90 Å². The van der Waals surface area contributed by atoms with E-state index in [-0.39, 0.29) is 11.2 Å². The van der Waals surface area contributed by atoms with E-state index in [1.54, 1.807) is 13.2 Å². The Morgan fingerprint density at radius 1 is 1.30 bits per heavy atom. The molecule has 0 saturated heterocycles. The number of methoxy groups -OCH3 is 1. The zero-order valence-electron chi connectivity index (χ0n) is 19.9. The van der Waals surface area contributed by atoms with E-state index >= 15 is 0 Å². The average molecular weight is 452 g/mol. The van der Waals surface area contributed by atoms with Crippen molar-refractivity contribution in [2.45, 2.75) is 39.5 Å². The number of ketones is 1. The normalized spacial score (nSPS) is 19.8. The second-order valence-electron chi connectivity index (χ2n) is 9.03. The third-order valence-electron chi connectivity index (χ3n) is 5.96. The van der Waals surface area contributed by atoms with Crippen LogP contribution in [0.1, 0.15) is 45.1 Å². The summed E-state index contributed by atoms with van der Waals surface area (Å²) in [6.07, 6.45) is 2.76. The number of nitrogens with zero attached hydrogens (tertiary/aromatic N) is 2. The van der Waals surface area contributed by atoms with Crippen LogP contribution >= 0.6 is 0 Å². The quantitative estimate of drug-likeness (QED) is 0.566. The molecule has 7 nitrogen and oxygen atoms in total. The van der Waals surface area contributed by atoms with Gasteiger partial charge in [-0.3, -0.25) is 4.79 Å². The minimum atomic E-state index is -0.556. The number of benzene rings is 1. The molecule has 7 heteroatoms. The summed E-state index contributed by atoms with van der Waals surface area (Å²) in [7, 11) is 1.62. The Labute approximate surface area is 196 Å². The van der Waals surface area contributed by atoms with Crippen molar-refractivity contribution in [3.63, 3.8) is 0 Å². The Morgan fingerprint density at radius 3 is 2.70 bits per heavy atom. The second kappa shape index (κ2) is 10.1. The molecule has 0 amide bonds. The second-order valence-corrected chi connectivity index (χ2v) is 9.03. The summed E-state index contributed by atoms with van der Waals surface area (Å²) in [6, 6.07) is 7.81. The summed E-state index contributed by atoms with van der Waals surface area (Å²) < 4.78 is 16.8. The molecular weight excluding hydrogens is 418 g/mol. The van der Waals surface area contributed by atoms with Gasteiger partial charge < -0.3 is 24.8 Å². The Kier molecular flexibility index (Phi) is 7.50. The molecule has 0 spiro atoms. The van der Waals surface area contributed by atoms with Crippen molar-refractivity contribution in [3.8, 4) is 17.6 Å². The SMILES string of the molecule is C=CCOc1ccc([C@@H]2C(C#N)=C(N)N(CCOC)C3=C2C(=O)CC(C)(C)C3)cc1OCC. The molecule has 0 saturated carbocycles. The molecule has 0 radical (unpaired) electrons. The van der Waals surface area contributed by atoms with Gasteiger partial charge in [0.25, 0.3) is 0 Å². The fourth-order valence-electron chi connectivity index (χ4n) is 4.59. The van der Waals surface area contributed by atoms with Crippen LogP contribution in [0.3, 0.4) is 0 Å². The van der Waals surface area contributed by atoms with E-state index in [1.165, 1.54) is 0 Å². The number of nitriles is 1. The monoisotopic (exact) mass is 451 g/mol. The molecule has 0 bridgehead atoms. The highest BCUT2D eigenvalue weighted by Crippen LogP contribution is 2.49. The van der Waals surface area contributed by atoms with Crippen molar-refractivity contribution in [2.75, 3.05) is 33.5 Å². The average Bonchev–Trinajstić information content (AvgIpc) is 2.76.